The highest BCUT2D eigenvalue weighted by Crippen LogP contribution is 2.26. The van der Waals surface area contributed by atoms with Crippen LogP contribution in [0.3, 0.4) is 0 Å². The molecule has 3 nitrogen and oxygen atoms in total. The fourth-order valence-corrected chi connectivity index (χ4v) is 2.77. The third kappa shape index (κ3) is 2.57. The predicted octanol–water partition coefficient (Wildman–Crippen LogP) is 2.40. The van der Waals surface area contributed by atoms with Crippen LogP contribution in [0.5, 0.6) is 0 Å². The topological polar surface area (TPSA) is 46.3 Å². The lowest BCUT2D eigenvalue weighted by Gasteiger charge is -2.21. The van der Waals surface area contributed by atoms with E-state index in [0.717, 1.165) is 6.42 Å². The summed E-state index contributed by atoms with van der Waals surface area (Å²) in [5, 5.41) is 0. The smallest absolute Gasteiger partial charge is 0.257 e. The number of likely N-dealkylation sites (tertiary alicyclic amines) is 1. The van der Waals surface area contributed by atoms with Gasteiger partial charge in [-0.25, -0.2) is 4.39 Å². The number of halogens is 2. The van der Waals surface area contributed by atoms with E-state index in [-0.39, 0.29) is 17.5 Å². The van der Waals surface area contributed by atoms with Crippen molar-refractivity contribution in [1.82, 2.24) is 4.90 Å². The molecule has 1 aromatic carbocycles. The lowest BCUT2D eigenvalue weighted by atomic mass is 10.1. The Bertz CT molecular complexity index is 466. The van der Waals surface area contributed by atoms with E-state index < -0.39 is 5.82 Å². The summed E-state index contributed by atoms with van der Waals surface area (Å²) in [7, 11) is 0. The minimum atomic E-state index is -0.480. The third-order valence-corrected chi connectivity index (χ3v) is 3.91. The Hall–Kier alpha value is -0.940. The molecule has 1 aliphatic rings. The van der Waals surface area contributed by atoms with E-state index in [0.29, 0.717) is 23.5 Å². The van der Waals surface area contributed by atoms with Gasteiger partial charge >= 0.3 is 0 Å². The van der Waals surface area contributed by atoms with Crippen molar-refractivity contribution < 1.29 is 9.18 Å². The summed E-state index contributed by atoms with van der Waals surface area (Å²) < 4.78 is 14.4. The molecule has 0 bridgehead atoms. The van der Waals surface area contributed by atoms with E-state index in [1.807, 2.05) is 6.92 Å². The number of hydrogen-bond donors (Lipinski definition) is 1. The molecular formula is C13H16BrFN2O. The molecule has 1 aliphatic heterocycles. The van der Waals surface area contributed by atoms with Crippen LogP contribution in [0, 0.1) is 11.7 Å². The zero-order valence-electron chi connectivity index (χ0n) is 10.2. The Morgan fingerprint density at radius 1 is 1.61 bits per heavy atom. The highest BCUT2D eigenvalue weighted by atomic mass is 79.9. The summed E-state index contributed by atoms with van der Waals surface area (Å²) in [4.78, 5) is 14.0. The second-order valence-corrected chi connectivity index (χ2v) is 5.68. The first-order valence-corrected chi connectivity index (χ1v) is 6.78. The van der Waals surface area contributed by atoms with Crippen molar-refractivity contribution in [3.63, 3.8) is 0 Å². The molecule has 0 spiro atoms. The van der Waals surface area contributed by atoms with E-state index in [2.05, 4.69) is 15.9 Å². The molecule has 2 atom stereocenters. The second-order valence-electron chi connectivity index (χ2n) is 4.77. The molecule has 1 heterocycles. The van der Waals surface area contributed by atoms with E-state index in [4.69, 9.17) is 5.73 Å². The number of nitrogens with zero attached hydrogens (tertiary/aromatic N) is 1. The monoisotopic (exact) mass is 314 g/mol. The van der Waals surface area contributed by atoms with E-state index >= 15 is 0 Å². The Morgan fingerprint density at radius 3 is 2.94 bits per heavy atom. The molecule has 2 rings (SSSR count). The van der Waals surface area contributed by atoms with E-state index in [1.165, 1.54) is 12.1 Å². The van der Waals surface area contributed by atoms with Crippen molar-refractivity contribution in [3.8, 4) is 0 Å². The maximum Gasteiger partial charge on any atom is 0.257 e. The number of hydrogen-bond acceptors (Lipinski definition) is 2. The van der Waals surface area contributed by atoms with Crippen molar-refractivity contribution in [3.05, 3.63) is 34.1 Å². The molecular weight excluding hydrogens is 299 g/mol. The van der Waals surface area contributed by atoms with Crippen molar-refractivity contribution >= 4 is 21.8 Å². The van der Waals surface area contributed by atoms with Gasteiger partial charge in [-0.05, 0) is 44.0 Å². The first kappa shape index (κ1) is 13.5. The van der Waals surface area contributed by atoms with Crippen LogP contribution in [0.25, 0.3) is 0 Å². The number of amides is 1. The third-order valence-electron chi connectivity index (χ3n) is 3.41. The molecule has 0 radical (unpaired) electrons. The maximum atomic E-state index is 13.7. The minimum Gasteiger partial charge on any atom is -0.336 e. The lowest BCUT2D eigenvalue weighted by Crippen LogP contribution is -2.35. The average Bonchev–Trinajstić information content (AvgIpc) is 2.73. The summed E-state index contributed by atoms with van der Waals surface area (Å²) in [6.45, 7) is 3.15. The number of carbonyl (C=O) groups is 1. The molecule has 98 valence electrons. The normalized spacial score (nSPS) is 23.4. The molecule has 2 N–H and O–H groups in total. The fourth-order valence-electron chi connectivity index (χ4n) is 2.41. The highest BCUT2D eigenvalue weighted by molar-refractivity contribution is 9.10. The first-order valence-electron chi connectivity index (χ1n) is 5.99. The van der Waals surface area contributed by atoms with Gasteiger partial charge in [-0.3, -0.25) is 4.79 Å². The van der Waals surface area contributed by atoms with Crippen LogP contribution in [-0.4, -0.2) is 29.9 Å². The number of nitrogens with two attached hydrogens (primary N) is 1. The van der Waals surface area contributed by atoms with Gasteiger partial charge in [0.25, 0.3) is 5.91 Å². The minimum absolute atomic E-state index is 0.115. The predicted molar refractivity (Wildman–Crippen MR) is 71.8 cm³/mol. The van der Waals surface area contributed by atoms with Gasteiger partial charge < -0.3 is 10.6 Å². The van der Waals surface area contributed by atoms with Crippen molar-refractivity contribution in [1.29, 1.82) is 0 Å². The Labute approximate surface area is 114 Å². The van der Waals surface area contributed by atoms with Crippen LogP contribution in [0.15, 0.2) is 22.7 Å². The Morgan fingerprint density at radius 2 is 2.33 bits per heavy atom. The zero-order valence-corrected chi connectivity index (χ0v) is 11.8. The van der Waals surface area contributed by atoms with Crippen LogP contribution in [0.4, 0.5) is 4.39 Å². The quantitative estimate of drug-likeness (QED) is 0.911. The number of rotatable bonds is 2. The highest BCUT2D eigenvalue weighted by Gasteiger charge is 2.33. The molecule has 1 saturated heterocycles. The van der Waals surface area contributed by atoms with E-state index in [1.54, 1.807) is 11.0 Å². The van der Waals surface area contributed by atoms with Gasteiger partial charge in [-0.2, -0.15) is 0 Å². The summed E-state index contributed by atoms with van der Waals surface area (Å²) in [6, 6.07) is 4.53. The second kappa shape index (κ2) is 5.36. The van der Waals surface area contributed by atoms with Gasteiger partial charge in [0.05, 0.1) is 5.56 Å². The van der Waals surface area contributed by atoms with Crippen molar-refractivity contribution in [2.24, 2.45) is 11.7 Å². The van der Waals surface area contributed by atoms with Crippen molar-refractivity contribution in [2.45, 2.75) is 19.4 Å². The van der Waals surface area contributed by atoms with Gasteiger partial charge in [0, 0.05) is 17.1 Å². The SMILES string of the molecule is CC1CC(CN)CN1C(=O)c1cc(Br)ccc1F. The van der Waals surface area contributed by atoms with Crippen LogP contribution < -0.4 is 5.73 Å². The Kier molecular flexibility index (Phi) is 4.02. The average molecular weight is 315 g/mol. The zero-order chi connectivity index (χ0) is 13.3. The molecule has 2 unspecified atom stereocenters. The molecule has 0 saturated carbocycles. The van der Waals surface area contributed by atoms with Gasteiger partial charge in [0.1, 0.15) is 5.82 Å². The molecule has 1 aromatic rings. The van der Waals surface area contributed by atoms with Crippen LogP contribution in [0.1, 0.15) is 23.7 Å². The summed E-state index contributed by atoms with van der Waals surface area (Å²) in [5.74, 6) is -0.414. The molecule has 18 heavy (non-hydrogen) atoms. The summed E-state index contributed by atoms with van der Waals surface area (Å²) in [5.41, 5.74) is 5.75. The van der Waals surface area contributed by atoms with Crippen LogP contribution in [0.2, 0.25) is 0 Å². The van der Waals surface area contributed by atoms with Gasteiger partial charge in [0.15, 0.2) is 0 Å². The van der Waals surface area contributed by atoms with E-state index in [9.17, 15) is 9.18 Å². The van der Waals surface area contributed by atoms with Crippen LogP contribution >= 0.6 is 15.9 Å². The van der Waals surface area contributed by atoms with Gasteiger partial charge in [-0.1, -0.05) is 15.9 Å². The van der Waals surface area contributed by atoms with Crippen LogP contribution in [-0.2, 0) is 0 Å². The summed E-state index contributed by atoms with van der Waals surface area (Å²) >= 11 is 3.26. The number of carbonyl (C=O) groups excluding carboxylic acids is 1. The molecule has 5 heteroatoms. The Balaban J connectivity index is 2.24. The lowest BCUT2D eigenvalue weighted by molar-refractivity contribution is 0.0738. The van der Waals surface area contributed by atoms with Crippen molar-refractivity contribution in [2.75, 3.05) is 13.1 Å². The fraction of sp³-hybridized carbons (Fsp3) is 0.462. The molecule has 1 fully saturated rings. The largest absolute Gasteiger partial charge is 0.336 e. The molecule has 0 aliphatic carbocycles. The standard InChI is InChI=1S/C13H16BrFN2O/c1-8-4-9(6-16)7-17(8)13(18)11-5-10(14)2-3-12(11)15/h2-3,5,8-9H,4,6-7,16H2,1H3. The molecule has 0 aromatic heterocycles. The van der Waals surface area contributed by atoms with Gasteiger partial charge in [-0.15, -0.1) is 0 Å². The summed E-state index contributed by atoms with van der Waals surface area (Å²) in [6.07, 6.45) is 0.887. The molecule has 1 amide bonds. The number of benzene rings is 1. The maximum absolute atomic E-state index is 13.7. The first-order chi connectivity index (χ1) is 8.52. The van der Waals surface area contributed by atoms with Gasteiger partial charge in [0.2, 0.25) is 0 Å².